The van der Waals surface area contributed by atoms with E-state index in [1.807, 2.05) is 0 Å². The maximum absolute atomic E-state index is 12.9. The van der Waals surface area contributed by atoms with E-state index < -0.39 is 0 Å². The van der Waals surface area contributed by atoms with Crippen LogP contribution in [0.1, 0.15) is 36.8 Å². The van der Waals surface area contributed by atoms with Crippen molar-refractivity contribution in [2.75, 3.05) is 0 Å². The molecule has 3 rings (SSSR count). The smallest absolute Gasteiger partial charge is 0.223 e. The van der Waals surface area contributed by atoms with Crippen molar-refractivity contribution < 1.29 is 18.4 Å². The highest BCUT2D eigenvalue weighted by Crippen LogP contribution is 2.29. The number of benzene rings is 2. The Morgan fingerprint density at radius 1 is 0.679 bits per heavy atom. The molecule has 148 valence electrons. The van der Waals surface area contributed by atoms with Crippen molar-refractivity contribution in [3.63, 3.8) is 0 Å². The number of hydrogen-bond acceptors (Lipinski definition) is 2. The molecule has 0 bridgehead atoms. The first-order valence-corrected chi connectivity index (χ1v) is 9.55. The minimum atomic E-state index is -0.300. The number of hydrogen-bond donors (Lipinski definition) is 2. The summed E-state index contributed by atoms with van der Waals surface area (Å²) < 4.78 is 25.8. The number of carbonyl (C=O) groups is 2. The first-order chi connectivity index (χ1) is 13.5. The highest BCUT2D eigenvalue weighted by molar-refractivity contribution is 5.81. The van der Waals surface area contributed by atoms with Crippen LogP contribution < -0.4 is 10.6 Å². The van der Waals surface area contributed by atoms with Gasteiger partial charge in [0.2, 0.25) is 11.8 Å². The second-order valence-electron chi connectivity index (χ2n) is 7.24. The standard InChI is InChI=1S/C22H24F2N2O2/c23-19-9-1-15(2-10-19)13-25-21(27)17-5-7-18(8-6-17)22(28)26-14-16-3-11-20(24)12-4-16/h1-4,9-12,17-18H,5-8,13-14H2,(H,25,27)(H,26,28). The van der Waals surface area contributed by atoms with E-state index in [1.54, 1.807) is 24.3 Å². The molecule has 0 aliphatic heterocycles. The lowest BCUT2D eigenvalue weighted by atomic mass is 9.81. The third kappa shape index (κ3) is 5.62. The third-order valence-electron chi connectivity index (χ3n) is 5.23. The Kier molecular flexibility index (Phi) is 6.74. The fourth-order valence-electron chi connectivity index (χ4n) is 3.49. The van der Waals surface area contributed by atoms with E-state index in [9.17, 15) is 18.4 Å². The van der Waals surface area contributed by atoms with Crippen LogP contribution in [-0.4, -0.2) is 11.8 Å². The molecule has 0 atom stereocenters. The van der Waals surface area contributed by atoms with Crippen molar-refractivity contribution >= 4 is 11.8 Å². The fraction of sp³-hybridized carbons (Fsp3) is 0.364. The predicted octanol–water partition coefficient (Wildman–Crippen LogP) is 3.70. The molecule has 2 N–H and O–H groups in total. The van der Waals surface area contributed by atoms with E-state index >= 15 is 0 Å². The number of halogens is 2. The molecule has 4 nitrogen and oxygen atoms in total. The summed E-state index contributed by atoms with van der Waals surface area (Å²) in [5.41, 5.74) is 1.70. The summed E-state index contributed by atoms with van der Waals surface area (Å²) in [6.07, 6.45) is 2.68. The van der Waals surface area contributed by atoms with Gasteiger partial charge in [-0.1, -0.05) is 24.3 Å². The average Bonchev–Trinajstić information content (AvgIpc) is 2.72. The van der Waals surface area contributed by atoms with Gasteiger partial charge in [0.05, 0.1) is 0 Å². The summed E-state index contributed by atoms with van der Waals surface area (Å²) in [6.45, 7) is 0.744. The lowest BCUT2D eigenvalue weighted by molar-refractivity contribution is -0.130. The van der Waals surface area contributed by atoms with Gasteiger partial charge in [0.15, 0.2) is 0 Å². The summed E-state index contributed by atoms with van der Waals surface area (Å²) in [5, 5.41) is 5.78. The molecular formula is C22H24F2N2O2. The van der Waals surface area contributed by atoms with E-state index in [0.717, 1.165) is 11.1 Å². The van der Waals surface area contributed by atoms with Crippen LogP contribution >= 0.6 is 0 Å². The zero-order valence-corrected chi connectivity index (χ0v) is 15.6. The number of nitrogens with one attached hydrogen (secondary N) is 2. The van der Waals surface area contributed by atoms with Crippen LogP contribution in [0.2, 0.25) is 0 Å². The first-order valence-electron chi connectivity index (χ1n) is 9.55. The quantitative estimate of drug-likeness (QED) is 0.795. The van der Waals surface area contributed by atoms with Crippen molar-refractivity contribution in [1.29, 1.82) is 0 Å². The summed E-state index contributed by atoms with van der Waals surface area (Å²) in [6, 6.07) is 12.1. The molecule has 0 heterocycles. The maximum Gasteiger partial charge on any atom is 0.223 e. The Bertz CT molecular complexity index is 729. The molecule has 1 fully saturated rings. The summed E-state index contributed by atoms with van der Waals surface area (Å²) in [5.74, 6) is -0.829. The third-order valence-corrected chi connectivity index (χ3v) is 5.23. The van der Waals surface area contributed by atoms with Gasteiger partial charge in [-0.2, -0.15) is 0 Å². The lowest BCUT2D eigenvalue weighted by Gasteiger charge is -2.27. The van der Waals surface area contributed by atoms with Gasteiger partial charge in [0.1, 0.15) is 11.6 Å². The minimum absolute atomic E-state index is 0.0190. The molecule has 0 radical (unpaired) electrons. The van der Waals surface area contributed by atoms with Crippen LogP contribution in [0.5, 0.6) is 0 Å². The van der Waals surface area contributed by atoms with E-state index in [0.29, 0.717) is 38.8 Å². The molecule has 0 spiro atoms. The predicted molar refractivity (Wildman–Crippen MR) is 102 cm³/mol. The molecule has 1 aliphatic carbocycles. The van der Waals surface area contributed by atoms with Gasteiger partial charge < -0.3 is 10.6 Å². The van der Waals surface area contributed by atoms with Crippen molar-refractivity contribution in [2.24, 2.45) is 11.8 Å². The Hall–Kier alpha value is -2.76. The van der Waals surface area contributed by atoms with Crippen LogP contribution in [0, 0.1) is 23.5 Å². The van der Waals surface area contributed by atoms with Crippen LogP contribution in [0.4, 0.5) is 8.78 Å². The Morgan fingerprint density at radius 2 is 1.00 bits per heavy atom. The molecule has 1 saturated carbocycles. The fourth-order valence-corrected chi connectivity index (χ4v) is 3.49. The van der Waals surface area contributed by atoms with Gasteiger partial charge in [0, 0.05) is 24.9 Å². The van der Waals surface area contributed by atoms with Gasteiger partial charge >= 0.3 is 0 Å². The van der Waals surface area contributed by atoms with E-state index in [-0.39, 0.29) is 35.3 Å². The summed E-state index contributed by atoms with van der Waals surface area (Å²) in [4.78, 5) is 24.7. The van der Waals surface area contributed by atoms with Crippen molar-refractivity contribution in [3.8, 4) is 0 Å². The first kappa shape index (κ1) is 20.0. The largest absolute Gasteiger partial charge is 0.352 e. The van der Waals surface area contributed by atoms with Gasteiger partial charge in [-0.05, 0) is 61.1 Å². The number of amides is 2. The monoisotopic (exact) mass is 386 g/mol. The summed E-state index contributed by atoms with van der Waals surface area (Å²) >= 11 is 0. The molecule has 0 saturated heterocycles. The molecule has 6 heteroatoms. The van der Waals surface area contributed by atoms with E-state index in [2.05, 4.69) is 10.6 Å². The van der Waals surface area contributed by atoms with Gasteiger partial charge in [-0.3, -0.25) is 9.59 Å². The molecule has 2 aromatic carbocycles. The van der Waals surface area contributed by atoms with E-state index in [4.69, 9.17) is 0 Å². The molecule has 1 aliphatic rings. The van der Waals surface area contributed by atoms with E-state index in [1.165, 1.54) is 24.3 Å². The van der Waals surface area contributed by atoms with Crippen molar-refractivity contribution in [1.82, 2.24) is 10.6 Å². The second kappa shape index (κ2) is 9.44. The molecule has 28 heavy (non-hydrogen) atoms. The van der Waals surface area contributed by atoms with Crippen LogP contribution in [0.15, 0.2) is 48.5 Å². The van der Waals surface area contributed by atoms with Crippen LogP contribution in [0.3, 0.4) is 0 Å². The lowest BCUT2D eigenvalue weighted by Crippen LogP contribution is -2.37. The van der Waals surface area contributed by atoms with Crippen LogP contribution in [0.25, 0.3) is 0 Å². The number of rotatable bonds is 6. The molecule has 2 aromatic rings. The minimum Gasteiger partial charge on any atom is -0.352 e. The Labute approximate surface area is 163 Å². The topological polar surface area (TPSA) is 58.2 Å². The molecule has 0 unspecified atom stereocenters. The Morgan fingerprint density at radius 3 is 1.32 bits per heavy atom. The van der Waals surface area contributed by atoms with Crippen molar-refractivity contribution in [3.05, 3.63) is 71.3 Å². The highest BCUT2D eigenvalue weighted by Gasteiger charge is 2.29. The zero-order valence-electron chi connectivity index (χ0n) is 15.6. The van der Waals surface area contributed by atoms with Crippen LogP contribution in [-0.2, 0) is 22.7 Å². The number of carbonyl (C=O) groups excluding carboxylic acids is 2. The normalized spacial score (nSPS) is 19.1. The zero-order chi connectivity index (χ0) is 19.9. The van der Waals surface area contributed by atoms with Crippen molar-refractivity contribution in [2.45, 2.75) is 38.8 Å². The maximum atomic E-state index is 12.9. The SMILES string of the molecule is O=C(NCc1ccc(F)cc1)C1CCC(C(=O)NCc2ccc(F)cc2)CC1. The Balaban J connectivity index is 1.39. The highest BCUT2D eigenvalue weighted by atomic mass is 19.1. The average molecular weight is 386 g/mol. The molecule has 2 amide bonds. The second-order valence-corrected chi connectivity index (χ2v) is 7.24. The van der Waals surface area contributed by atoms with Gasteiger partial charge in [-0.25, -0.2) is 8.78 Å². The summed E-state index contributed by atoms with van der Waals surface area (Å²) in [7, 11) is 0. The molecule has 0 aromatic heterocycles. The van der Waals surface area contributed by atoms with Gasteiger partial charge in [-0.15, -0.1) is 0 Å². The van der Waals surface area contributed by atoms with Gasteiger partial charge in [0.25, 0.3) is 0 Å². The molecular weight excluding hydrogens is 362 g/mol.